The summed E-state index contributed by atoms with van der Waals surface area (Å²) in [4.78, 5) is 24.7. The molecule has 5 aromatic carbocycles. The van der Waals surface area contributed by atoms with Crippen LogP contribution in [0, 0.1) is 0 Å². The van der Waals surface area contributed by atoms with Gasteiger partial charge in [-0.1, -0.05) is 12.1 Å². The van der Waals surface area contributed by atoms with Crippen molar-refractivity contribution < 1.29 is 0 Å². The van der Waals surface area contributed by atoms with E-state index in [1.54, 1.807) is 0 Å². The van der Waals surface area contributed by atoms with Gasteiger partial charge in [0.2, 0.25) is 0 Å². The van der Waals surface area contributed by atoms with Crippen molar-refractivity contribution in [3.05, 3.63) is 140 Å². The Hall–Kier alpha value is -5.29. The Bertz CT molecular complexity index is 2170. The Kier molecular flexibility index (Phi) is 6.41. The van der Waals surface area contributed by atoms with Crippen LogP contribution in [0.5, 0.6) is 0 Å². The molecular formula is C37H23N5Se. The first-order valence-corrected chi connectivity index (χ1v) is 15.7. The predicted molar refractivity (Wildman–Crippen MR) is 175 cm³/mol. The summed E-state index contributed by atoms with van der Waals surface area (Å²) in [5, 5.41) is 2.41. The molecule has 8 aromatic rings. The Morgan fingerprint density at radius 1 is 0.465 bits per heavy atom. The molecule has 0 spiro atoms. The molecule has 0 saturated heterocycles. The van der Waals surface area contributed by atoms with Crippen LogP contribution >= 0.6 is 0 Å². The molecule has 0 bridgehead atoms. The van der Waals surface area contributed by atoms with Gasteiger partial charge in [0.1, 0.15) is 0 Å². The van der Waals surface area contributed by atoms with Gasteiger partial charge in [-0.25, -0.2) is 0 Å². The molecule has 202 valence electrons. The van der Waals surface area contributed by atoms with Crippen LogP contribution in [0.4, 0.5) is 0 Å². The molecule has 5 nitrogen and oxygen atoms in total. The van der Waals surface area contributed by atoms with Crippen LogP contribution in [0.25, 0.3) is 76.1 Å². The molecule has 0 aliphatic rings. The van der Waals surface area contributed by atoms with Gasteiger partial charge in [0, 0.05) is 0 Å². The third-order valence-electron chi connectivity index (χ3n) is 7.41. The van der Waals surface area contributed by atoms with Gasteiger partial charge >= 0.3 is 243 Å². The van der Waals surface area contributed by atoms with Gasteiger partial charge in [-0.3, -0.25) is 0 Å². The van der Waals surface area contributed by atoms with Crippen LogP contribution in [-0.2, 0) is 0 Å². The standard InChI is InChI=1S/C37H23N5Se/c1-4-11-25(12-5-1)34-40-35(26-13-6-2-7-14-26)42-36(41-34)29-17-10-22-38-32(29)28-19-18-24-20-21-31-33(30(24)23-28)43-37(39-31)27-15-8-3-9-16-27/h1-23H. The van der Waals surface area contributed by atoms with Crippen LogP contribution in [0.15, 0.2) is 140 Å². The van der Waals surface area contributed by atoms with E-state index < -0.39 is 0 Å². The molecule has 0 unspecified atom stereocenters. The Morgan fingerprint density at radius 3 is 1.74 bits per heavy atom. The van der Waals surface area contributed by atoms with E-state index in [-0.39, 0.29) is 14.5 Å². The van der Waals surface area contributed by atoms with E-state index >= 15 is 0 Å². The number of benzene rings is 5. The van der Waals surface area contributed by atoms with Crippen LogP contribution < -0.4 is 0 Å². The molecular weight excluding hydrogens is 593 g/mol. The molecule has 0 saturated carbocycles. The molecule has 0 radical (unpaired) electrons. The maximum absolute atomic E-state index is 5.02. The summed E-state index contributed by atoms with van der Waals surface area (Å²) < 4.78 is 2.47. The van der Waals surface area contributed by atoms with Crippen molar-refractivity contribution in [2.75, 3.05) is 0 Å². The van der Waals surface area contributed by atoms with Gasteiger partial charge < -0.3 is 0 Å². The zero-order valence-corrected chi connectivity index (χ0v) is 24.6. The fraction of sp³-hybridized carbons (Fsp3) is 0. The number of aromatic nitrogens is 5. The summed E-state index contributed by atoms with van der Waals surface area (Å²) in [6.45, 7) is 0. The molecule has 3 aromatic heterocycles. The SMILES string of the molecule is c1ccc(-c2nc(-c3ccccc3)nc(-c3cccnc3-c3ccc4ccc5nc(-c6ccccc6)[se]c5c4c3)n2)cc1. The quantitative estimate of drug-likeness (QED) is 0.182. The average molecular weight is 617 g/mol. The van der Waals surface area contributed by atoms with Crippen molar-refractivity contribution in [2.45, 2.75) is 0 Å². The first-order valence-electron chi connectivity index (χ1n) is 14.0. The summed E-state index contributed by atoms with van der Waals surface area (Å²) in [5.74, 6) is 1.85. The Balaban J connectivity index is 1.30. The molecule has 3 heterocycles. The summed E-state index contributed by atoms with van der Waals surface area (Å²) >= 11 is 0.102. The minimum absolute atomic E-state index is 0.102. The summed E-state index contributed by atoms with van der Waals surface area (Å²) in [6, 6.07) is 45.4. The fourth-order valence-corrected chi connectivity index (χ4v) is 7.60. The first kappa shape index (κ1) is 25.4. The van der Waals surface area contributed by atoms with Crippen molar-refractivity contribution >= 4 is 35.1 Å². The maximum atomic E-state index is 5.02. The van der Waals surface area contributed by atoms with E-state index in [4.69, 9.17) is 24.9 Å². The second-order valence-corrected chi connectivity index (χ2v) is 12.3. The molecule has 0 aliphatic heterocycles. The van der Waals surface area contributed by atoms with Gasteiger partial charge in [-0.05, 0) is 0 Å². The summed E-state index contributed by atoms with van der Waals surface area (Å²) in [7, 11) is 0. The van der Waals surface area contributed by atoms with Crippen molar-refractivity contribution in [2.24, 2.45) is 0 Å². The third kappa shape index (κ3) is 4.83. The number of hydrogen-bond donors (Lipinski definition) is 0. The second-order valence-electron chi connectivity index (χ2n) is 10.2. The monoisotopic (exact) mass is 617 g/mol. The van der Waals surface area contributed by atoms with E-state index in [9.17, 15) is 0 Å². The van der Waals surface area contributed by atoms with E-state index in [2.05, 4.69) is 54.6 Å². The first-order chi connectivity index (χ1) is 21.3. The van der Waals surface area contributed by atoms with Gasteiger partial charge in [-0.15, -0.1) is 0 Å². The van der Waals surface area contributed by atoms with E-state index in [1.807, 2.05) is 85.1 Å². The van der Waals surface area contributed by atoms with E-state index in [0.29, 0.717) is 17.5 Å². The van der Waals surface area contributed by atoms with Gasteiger partial charge in [0.15, 0.2) is 0 Å². The molecule has 43 heavy (non-hydrogen) atoms. The zero-order chi connectivity index (χ0) is 28.6. The molecule has 0 aliphatic carbocycles. The Labute approximate surface area is 254 Å². The third-order valence-corrected chi connectivity index (χ3v) is 9.83. The number of nitrogens with zero attached hydrogens (tertiary/aromatic N) is 5. The van der Waals surface area contributed by atoms with E-state index in [0.717, 1.165) is 38.0 Å². The van der Waals surface area contributed by atoms with E-state index in [1.165, 1.54) is 20.6 Å². The molecule has 6 heteroatoms. The van der Waals surface area contributed by atoms with Crippen LogP contribution in [0.3, 0.4) is 0 Å². The predicted octanol–water partition coefficient (Wildman–Crippen LogP) is 8.36. The fourth-order valence-electron chi connectivity index (χ4n) is 5.30. The zero-order valence-electron chi connectivity index (χ0n) is 22.9. The van der Waals surface area contributed by atoms with Crippen molar-refractivity contribution in [1.29, 1.82) is 0 Å². The van der Waals surface area contributed by atoms with Gasteiger partial charge in [-0.2, -0.15) is 0 Å². The minimum atomic E-state index is 0.102. The van der Waals surface area contributed by atoms with Crippen LogP contribution in [0.1, 0.15) is 0 Å². The van der Waals surface area contributed by atoms with Crippen molar-refractivity contribution in [3.8, 4) is 55.6 Å². The molecule has 8 rings (SSSR count). The number of pyridine rings is 1. The number of hydrogen-bond acceptors (Lipinski definition) is 5. The summed E-state index contributed by atoms with van der Waals surface area (Å²) in [6.07, 6.45) is 1.83. The van der Waals surface area contributed by atoms with Crippen molar-refractivity contribution in [3.63, 3.8) is 0 Å². The number of rotatable bonds is 5. The van der Waals surface area contributed by atoms with Crippen LogP contribution in [0.2, 0.25) is 0 Å². The average Bonchev–Trinajstić information content (AvgIpc) is 3.54. The topological polar surface area (TPSA) is 64.5 Å². The van der Waals surface area contributed by atoms with Crippen molar-refractivity contribution in [1.82, 2.24) is 24.9 Å². The molecule has 0 N–H and O–H groups in total. The molecule has 0 amide bonds. The number of fused-ring (bicyclic) bond motifs is 3. The Morgan fingerprint density at radius 2 is 1.07 bits per heavy atom. The molecule has 0 atom stereocenters. The van der Waals surface area contributed by atoms with Crippen LogP contribution in [-0.4, -0.2) is 39.4 Å². The molecule has 0 fully saturated rings. The summed E-state index contributed by atoms with van der Waals surface area (Å²) in [5.41, 5.74) is 6.83. The van der Waals surface area contributed by atoms with Gasteiger partial charge in [0.05, 0.1) is 0 Å². The normalized spacial score (nSPS) is 11.3. The van der Waals surface area contributed by atoms with Gasteiger partial charge in [0.25, 0.3) is 0 Å². The second kappa shape index (κ2) is 10.8.